The average Bonchev–Trinajstić information content (AvgIpc) is 2.20. The largest absolute Gasteiger partial charge is 0.389 e. The van der Waals surface area contributed by atoms with Gasteiger partial charge in [-0.2, -0.15) is 13.2 Å². The van der Waals surface area contributed by atoms with Crippen LogP contribution in [0.5, 0.6) is 0 Å². The van der Waals surface area contributed by atoms with Gasteiger partial charge in [0.05, 0.1) is 0 Å². The number of carbonyl (C=O) groups is 1. The standard InChI is InChI=1S/C12H21F3O/c1-11(10-16)8-6-4-2-3-5-7-9-12(13,14)15/h10-11H,2-9H2,1H3. The van der Waals surface area contributed by atoms with E-state index < -0.39 is 12.6 Å². The van der Waals surface area contributed by atoms with Gasteiger partial charge in [-0.1, -0.05) is 39.0 Å². The Morgan fingerprint density at radius 3 is 2.00 bits per heavy atom. The van der Waals surface area contributed by atoms with E-state index in [1.54, 1.807) is 0 Å². The second kappa shape index (κ2) is 8.59. The lowest BCUT2D eigenvalue weighted by Crippen LogP contribution is -2.06. The van der Waals surface area contributed by atoms with Crippen LogP contribution in [-0.2, 0) is 4.79 Å². The fourth-order valence-corrected chi connectivity index (χ4v) is 1.57. The number of unbranched alkanes of at least 4 members (excludes halogenated alkanes) is 5. The third kappa shape index (κ3) is 11.5. The Labute approximate surface area is 95.4 Å². The summed E-state index contributed by atoms with van der Waals surface area (Å²) in [7, 11) is 0. The zero-order valence-electron chi connectivity index (χ0n) is 9.85. The van der Waals surface area contributed by atoms with Crippen LogP contribution in [0.3, 0.4) is 0 Å². The van der Waals surface area contributed by atoms with E-state index in [2.05, 4.69) is 0 Å². The summed E-state index contributed by atoms with van der Waals surface area (Å²) < 4.78 is 35.3. The Balaban J connectivity index is 3.13. The van der Waals surface area contributed by atoms with Crippen LogP contribution in [0, 0.1) is 5.92 Å². The Hall–Kier alpha value is -0.540. The van der Waals surface area contributed by atoms with Gasteiger partial charge in [-0.25, -0.2) is 0 Å². The maximum absolute atomic E-state index is 11.8. The van der Waals surface area contributed by atoms with E-state index in [9.17, 15) is 18.0 Å². The first-order valence-corrected chi connectivity index (χ1v) is 5.98. The highest BCUT2D eigenvalue weighted by atomic mass is 19.4. The fourth-order valence-electron chi connectivity index (χ4n) is 1.57. The van der Waals surface area contributed by atoms with Gasteiger partial charge in [0.15, 0.2) is 0 Å². The number of rotatable bonds is 9. The van der Waals surface area contributed by atoms with E-state index in [1.807, 2.05) is 6.92 Å². The fraction of sp³-hybridized carbons (Fsp3) is 0.917. The normalized spacial score (nSPS) is 13.8. The van der Waals surface area contributed by atoms with Gasteiger partial charge in [-0.15, -0.1) is 0 Å². The molecule has 0 fully saturated rings. The van der Waals surface area contributed by atoms with Gasteiger partial charge in [-0.05, 0) is 12.8 Å². The van der Waals surface area contributed by atoms with Crippen LogP contribution in [-0.4, -0.2) is 12.5 Å². The third-order valence-corrected chi connectivity index (χ3v) is 2.60. The molecule has 1 nitrogen and oxygen atoms in total. The van der Waals surface area contributed by atoms with Crippen LogP contribution in [0.2, 0.25) is 0 Å². The molecule has 0 saturated heterocycles. The molecule has 0 bridgehead atoms. The summed E-state index contributed by atoms with van der Waals surface area (Å²) in [6, 6.07) is 0. The van der Waals surface area contributed by atoms with Gasteiger partial charge in [0.25, 0.3) is 0 Å². The van der Waals surface area contributed by atoms with Crippen molar-refractivity contribution in [2.45, 2.75) is 64.5 Å². The lowest BCUT2D eigenvalue weighted by Gasteiger charge is -2.06. The van der Waals surface area contributed by atoms with E-state index in [4.69, 9.17) is 0 Å². The Kier molecular flexibility index (Phi) is 8.30. The van der Waals surface area contributed by atoms with Crippen molar-refractivity contribution in [1.82, 2.24) is 0 Å². The lowest BCUT2D eigenvalue weighted by molar-refractivity contribution is -0.135. The first kappa shape index (κ1) is 15.5. The van der Waals surface area contributed by atoms with Crippen molar-refractivity contribution in [3.63, 3.8) is 0 Å². The lowest BCUT2D eigenvalue weighted by atomic mass is 10.0. The average molecular weight is 238 g/mol. The van der Waals surface area contributed by atoms with Crippen LogP contribution >= 0.6 is 0 Å². The van der Waals surface area contributed by atoms with Gasteiger partial charge >= 0.3 is 6.18 Å². The molecule has 0 aromatic rings. The molecule has 1 atom stereocenters. The second-order valence-electron chi connectivity index (χ2n) is 4.39. The molecule has 0 saturated carbocycles. The number of halogens is 3. The van der Waals surface area contributed by atoms with E-state index >= 15 is 0 Å². The molecule has 0 aliphatic carbocycles. The summed E-state index contributed by atoms with van der Waals surface area (Å²) in [5.74, 6) is 0.116. The number of hydrogen-bond acceptors (Lipinski definition) is 1. The minimum atomic E-state index is -4.00. The van der Waals surface area contributed by atoms with Crippen molar-refractivity contribution in [2.24, 2.45) is 5.92 Å². The molecule has 0 aromatic heterocycles. The summed E-state index contributed by atoms with van der Waals surface area (Å²) in [6.45, 7) is 1.89. The highest BCUT2D eigenvalue weighted by molar-refractivity contribution is 5.52. The van der Waals surface area contributed by atoms with Crippen LogP contribution in [0.1, 0.15) is 58.3 Å². The van der Waals surface area contributed by atoms with Crippen molar-refractivity contribution in [3.8, 4) is 0 Å². The topological polar surface area (TPSA) is 17.1 Å². The van der Waals surface area contributed by atoms with E-state index in [1.165, 1.54) is 0 Å². The molecule has 16 heavy (non-hydrogen) atoms. The Bertz CT molecular complexity index is 178. The predicted octanol–water partition coefficient (Wildman–Crippen LogP) is 4.50. The zero-order chi connectivity index (χ0) is 12.4. The molecule has 1 unspecified atom stereocenters. The Morgan fingerprint density at radius 1 is 1.00 bits per heavy atom. The van der Waals surface area contributed by atoms with Crippen molar-refractivity contribution in [3.05, 3.63) is 0 Å². The zero-order valence-corrected chi connectivity index (χ0v) is 9.85. The molecule has 0 amide bonds. The molecule has 0 aliphatic heterocycles. The number of alkyl halides is 3. The maximum Gasteiger partial charge on any atom is 0.389 e. The number of aldehydes is 1. The van der Waals surface area contributed by atoms with Gasteiger partial charge in [-0.3, -0.25) is 0 Å². The molecule has 0 rings (SSSR count). The predicted molar refractivity (Wildman–Crippen MR) is 58.2 cm³/mol. The molecular weight excluding hydrogens is 217 g/mol. The van der Waals surface area contributed by atoms with Gasteiger partial charge < -0.3 is 4.79 Å². The van der Waals surface area contributed by atoms with Gasteiger partial charge in [0, 0.05) is 12.3 Å². The molecule has 0 heterocycles. The van der Waals surface area contributed by atoms with E-state index in [0.717, 1.165) is 38.4 Å². The molecule has 0 N–H and O–H groups in total. The third-order valence-electron chi connectivity index (χ3n) is 2.60. The minimum Gasteiger partial charge on any atom is -0.303 e. The molecule has 0 spiro atoms. The maximum atomic E-state index is 11.8. The summed E-state index contributed by atoms with van der Waals surface area (Å²) in [5.41, 5.74) is 0. The SMILES string of the molecule is CC(C=O)CCCCCCCCC(F)(F)F. The number of carbonyl (C=O) groups excluding carboxylic acids is 1. The monoisotopic (exact) mass is 238 g/mol. The van der Waals surface area contributed by atoms with E-state index in [0.29, 0.717) is 6.42 Å². The van der Waals surface area contributed by atoms with Crippen molar-refractivity contribution in [1.29, 1.82) is 0 Å². The first-order valence-electron chi connectivity index (χ1n) is 5.98. The highest BCUT2D eigenvalue weighted by Gasteiger charge is 2.25. The highest BCUT2D eigenvalue weighted by Crippen LogP contribution is 2.23. The van der Waals surface area contributed by atoms with Crippen molar-refractivity contribution < 1.29 is 18.0 Å². The molecule has 0 aromatic carbocycles. The summed E-state index contributed by atoms with van der Waals surface area (Å²) in [6.07, 6.45) is 1.94. The molecule has 4 heteroatoms. The molecule has 96 valence electrons. The molecule has 0 aliphatic rings. The van der Waals surface area contributed by atoms with Crippen LogP contribution < -0.4 is 0 Å². The summed E-state index contributed by atoms with van der Waals surface area (Å²) >= 11 is 0. The minimum absolute atomic E-state index is 0.116. The van der Waals surface area contributed by atoms with Crippen molar-refractivity contribution >= 4 is 6.29 Å². The first-order chi connectivity index (χ1) is 7.45. The van der Waals surface area contributed by atoms with Crippen molar-refractivity contribution in [2.75, 3.05) is 0 Å². The Morgan fingerprint density at radius 2 is 1.50 bits per heavy atom. The summed E-state index contributed by atoms with van der Waals surface area (Å²) in [5, 5.41) is 0. The molecule has 0 radical (unpaired) electrons. The quantitative estimate of drug-likeness (QED) is 0.427. The van der Waals surface area contributed by atoms with Gasteiger partial charge in [0.2, 0.25) is 0 Å². The summed E-state index contributed by atoms with van der Waals surface area (Å²) in [4.78, 5) is 10.3. The second-order valence-corrected chi connectivity index (χ2v) is 4.39. The van der Waals surface area contributed by atoms with E-state index in [-0.39, 0.29) is 12.3 Å². The smallest absolute Gasteiger partial charge is 0.303 e. The van der Waals surface area contributed by atoms with Gasteiger partial charge in [0.1, 0.15) is 6.29 Å². The van der Waals surface area contributed by atoms with Crippen LogP contribution in [0.25, 0.3) is 0 Å². The number of hydrogen-bond donors (Lipinski definition) is 0. The van der Waals surface area contributed by atoms with Crippen LogP contribution in [0.15, 0.2) is 0 Å². The van der Waals surface area contributed by atoms with Crippen LogP contribution in [0.4, 0.5) is 13.2 Å². The molecular formula is C12H21F3O.